The van der Waals surface area contributed by atoms with E-state index in [1.165, 1.54) is 0 Å². The topological polar surface area (TPSA) is 64.5 Å². The third kappa shape index (κ3) is 4.37. The lowest BCUT2D eigenvalue weighted by molar-refractivity contribution is 1.15. The van der Waals surface area contributed by atoms with Gasteiger partial charge in [-0.3, -0.25) is 19.9 Å². The molecule has 0 bridgehead atoms. The highest BCUT2D eigenvalue weighted by Gasteiger charge is 2.37. The zero-order valence-corrected chi connectivity index (χ0v) is 28.9. The Kier molecular flexibility index (Phi) is 6.69. The van der Waals surface area contributed by atoms with Crippen molar-refractivity contribution in [2.75, 3.05) is 19.6 Å². The number of anilines is 12. The molecule has 54 heavy (non-hydrogen) atoms. The first-order chi connectivity index (χ1) is 26.9. The number of rotatable bonds is 4. The molecule has 0 saturated heterocycles. The lowest BCUT2D eigenvalue weighted by atomic mass is 10.0. The summed E-state index contributed by atoms with van der Waals surface area (Å²) < 4.78 is 0. The summed E-state index contributed by atoms with van der Waals surface area (Å²) in [6.45, 7) is 0. The van der Waals surface area contributed by atoms with Crippen molar-refractivity contribution in [3.63, 3.8) is 0 Å². The molecule has 0 amide bonds. The van der Waals surface area contributed by atoms with E-state index in [0.717, 1.165) is 90.3 Å². The summed E-state index contributed by atoms with van der Waals surface area (Å²) in [5.41, 5.74) is 14.8. The number of hydrogen-bond acceptors (Lipinski definition) is 8. The predicted octanol–water partition coefficient (Wildman–Crippen LogP) is 12.1. The van der Waals surface area contributed by atoms with Gasteiger partial charge in [-0.05, 0) is 72.8 Å². The molecule has 0 spiro atoms. The number of benzene rings is 7. The molecule has 0 saturated carbocycles. The fourth-order valence-electron chi connectivity index (χ4n) is 8.10. The molecule has 2 aliphatic heterocycles. The summed E-state index contributed by atoms with van der Waals surface area (Å²) in [6, 6.07) is 55.0. The molecule has 8 heteroatoms. The number of aromatic nitrogens is 4. The van der Waals surface area contributed by atoms with Crippen molar-refractivity contribution in [2.24, 2.45) is 0 Å². The Hall–Kier alpha value is -7.58. The smallest absolute Gasteiger partial charge is 0.117 e. The molecule has 9 aromatic rings. The van der Waals surface area contributed by atoms with Crippen molar-refractivity contribution in [3.05, 3.63) is 183 Å². The van der Waals surface area contributed by atoms with Gasteiger partial charge in [-0.1, -0.05) is 84.9 Å². The summed E-state index contributed by atoms with van der Waals surface area (Å²) in [6.07, 6.45) is 7.08. The molecule has 0 aliphatic carbocycles. The normalized spacial score (nSPS) is 13.0. The summed E-state index contributed by atoms with van der Waals surface area (Å²) in [5.74, 6) is 0. The van der Waals surface area contributed by atoms with Gasteiger partial charge in [0, 0.05) is 36.2 Å². The Balaban J connectivity index is 1.22. The lowest BCUT2D eigenvalue weighted by Gasteiger charge is -2.42. The van der Waals surface area contributed by atoms with Crippen LogP contribution in [0.4, 0.5) is 68.2 Å². The van der Waals surface area contributed by atoms with Crippen LogP contribution in [-0.2, 0) is 0 Å². The number of nitrogens with zero attached hydrogens (tertiary/aromatic N) is 8. The minimum atomic E-state index is 0.721. The first-order valence-corrected chi connectivity index (χ1v) is 17.9. The van der Waals surface area contributed by atoms with Gasteiger partial charge in [0.05, 0.1) is 45.5 Å². The van der Waals surface area contributed by atoms with Crippen molar-refractivity contribution in [3.8, 4) is 0 Å². The highest BCUT2D eigenvalue weighted by molar-refractivity contribution is 6.21. The molecular weight excluding hydrogens is 665 g/mol. The highest BCUT2D eigenvalue weighted by Crippen LogP contribution is 2.59. The summed E-state index contributed by atoms with van der Waals surface area (Å²) in [5, 5.41) is 0. The molecule has 0 fully saturated rings. The van der Waals surface area contributed by atoms with E-state index < -0.39 is 0 Å². The maximum atomic E-state index is 5.14. The Morgan fingerprint density at radius 3 is 0.722 bits per heavy atom. The third-order valence-corrected chi connectivity index (χ3v) is 10.2. The average molecular weight is 695 g/mol. The zero-order chi connectivity index (χ0) is 35.6. The van der Waals surface area contributed by atoms with Crippen LogP contribution in [0.15, 0.2) is 183 Å². The third-order valence-electron chi connectivity index (χ3n) is 10.2. The molecule has 7 aromatic carbocycles. The summed E-state index contributed by atoms with van der Waals surface area (Å²) in [4.78, 5) is 29.8. The van der Waals surface area contributed by atoms with Crippen LogP contribution in [0.3, 0.4) is 0 Å². The van der Waals surface area contributed by atoms with Crippen LogP contribution >= 0.6 is 0 Å². The molecule has 2 aliphatic rings. The second-order valence-corrected chi connectivity index (χ2v) is 13.2. The molecule has 0 unspecified atom stereocenters. The second-order valence-electron chi connectivity index (χ2n) is 13.2. The van der Waals surface area contributed by atoms with E-state index in [9.17, 15) is 0 Å². The largest absolute Gasteiger partial charge is 0.306 e. The van der Waals surface area contributed by atoms with Gasteiger partial charge in [-0.25, -0.2) is 0 Å². The molecule has 8 nitrogen and oxygen atoms in total. The van der Waals surface area contributed by atoms with Crippen LogP contribution in [0.1, 0.15) is 0 Å². The van der Waals surface area contributed by atoms with E-state index in [-0.39, 0.29) is 0 Å². The molecule has 254 valence electrons. The van der Waals surface area contributed by atoms with Gasteiger partial charge in [0.2, 0.25) is 0 Å². The van der Waals surface area contributed by atoms with E-state index in [1.54, 1.807) is 24.8 Å². The van der Waals surface area contributed by atoms with Crippen molar-refractivity contribution in [1.82, 2.24) is 19.9 Å². The monoisotopic (exact) mass is 694 g/mol. The van der Waals surface area contributed by atoms with Crippen LogP contribution in [-0.4, -0.2) is 19.9 Å². The van der Waals surface area contributed by atoms with Crippen LogP contribution in [0.25, 0.3) is 22.1 Å². The van der Waals surface area contributed by atoms with Crippen LogP contribution < -0.4 is 19.6 Å². The molecule has 0 atom stereocenters. The summed E-state index contributed by atoms with van der Waals surface area (Å²) >= 11 is 0. The van der Waals surface area contributed by atoms with E-state index in [4.69, 9.17) is 19.9 Å². The van der Waals surface area contributed by atoms with Crippen LogP contribution in [0, 0.1) is 0 Å². The number of para-hydroxylation sites is 10. The maximum Gasteiger partial charge on any atom is 0.117 e. The van der Waals surface area contributed by atoms with E-state index >= 15 is 0 Å². The standard InChI is InChI=1S/C46H30N8/c1-3-15-31(16-4-1)51-33-19-7-11-23-37(33)53(38-24-12-8-20-34(38)51)45-41-43(49-29-27-47-41)46(44-42(45)48-28-30-50-44)54-39-25-13-9-21-35(39)52(32-17-5-2-6-18-32)36-22-10-14-26-40(36)54/h1-30H. The Morgan fingerprint density at radius 2 is 0.463 bits per heavy atom. The summed E-state index contributed by atoms with van der Waals surface area (Å²) in [7, 11) is 0. The lowest BCUT2D eigenvalue weighted by Crippen LogP contribution is -2.26. The second kappa shape index (κ2) is 12.0. The number of fused-ring (bicyclic) bond motifs is 6. The average Bonchev–Trinajstić information content (AvgIpc) is 3.25. The zero-order valence-electron chi connectivity index (χ0n) is 28.9. The Bertz CT molecular complexity index is 2530. The van der Waals surface area contributed by atoms with Crippen molar-refractivity contribution >= 4 is 90.3 Å². The Morgan fingerprint density at radius 1 is 0.241 bits per heavy atom. The van der Waals surface area contributed by atoms with Crippen molar-refractivity contribution in [1.29, 1.82) is 0 Å². The van der Waals surface area contributed by atoms with Gasteiger partial charge < -0.3 is 19.6 Å². The first-order valence-electron chi connectivity index (χ1n) is 17.9. The van der Waals surface area contributed by atoms with Gasteiger partial charge in [-0.15, -0.1) is 0 Å². The number of hydrogen-bond donors (Lipinski definition) is 0. The van der Waals surface area contributed by atoms with E-state index in [0.29, 0.717) is 0 Å². The Labute approximate surface area is 311 Å². The van der Waals surface area contributed by atoms with E-state index in [2.05, 4.69) is 165 Å². The molecule has 2 aromatic heterocycles. The molecule has 11 rings (SSSR count). The fourth-order valence-corrected chi connectivity index (χ4v) is 8.10. The van der Waals surface area contributed by atoms with Crippen LogP contribution in [0.5, 0.6) is 0 Å². The molecule has 0 N–H and O–H groups in total. The van der Waals surface area contributed by atoms with Crippen LogP contribution in [0.2, 0.25) is 0 Å². The maximum absolute atomic E-state index is 5.14. The van der Waals surface area contributed by atoms with Gasteiger partial charge in [0.15, 0.2) is 0 Å². The first kappa shape index (κ1) is 30.1. The quantitative estimate of drug-likeness (QED) is 0.169. The fraction of sp³-hybridized carbons (Fsp3) is 0. The van der Waals surface area contributed by atoms with E-state index in [1.807, 2.05) is 12.1 Å². The van der Waals surface area contributed by atoms with Gasteiger partial charge in [0.1, 0.15) is 33.4 Å². The SMILES string of the molecule is c1ccc(N2c3ccccc3N(c3c4nccnc4c(N4c5ccccc5N(c5ccccc5)c5ccccc54)c4nccnc34)c3ccccc32)cc1. The van der Waals surface area contributed by atoms with Gasteiger partial charge in [0.25, 0.3) is 0 Å². The van der Waals surface area contributed by atoms with Crippen molar-refractivity contribution < 1.29 is 0 Å². The van der Waals surface area contributed by atoms with Gasteiger partial charge in [-0.2, -0.15) is 0 Å². The molecular formula is C46H30N8. The minimum Gasteiger partial charge on any atom is -0.306 e. The van der Waals surface area contributed by atoms with Crippen molar-refractivity contribution in [2.45, 2.75) is 0 Å². The molecule has 4 heterocycles. The highest BCUT2D eigenvalue weighted by atomic mass is 15.3. The predicted molar refractivity (Wildman–Crippen MR) is 218 cm³/mol. The minimum absolute atomic E-state index is 0.721. The molecule has 0 radical (unpaired) electrons. The van der Waals surface area contributed by atoms with Gasteiger partial charge >= 0.3 is 0 Å².